The van der Waals surface area contributed by atoms with Crippen molar-refractivity contribution in [2.24, 2.45) is 5.92 Å². The number of hydrogen-bond acceptors (Lipinski definition) is 3. The van der Waals surface area contributed by atoms with Crippen LogP contribution in [0.4, 0.5) is 0 Å². The highest BCUT2D eigenvalue weighted by Gasteiger charge is 2.19. The number of hydrogen-bond donors (Lipinski definition) is 2. The Hall–Kier alpha value is -1.36. The fourth-order valence-electron chi connectivity index (χ4n) is 2.28. The molecule has 0 aliphatic rings. The summed E-state index contributed by atoms with van der Waals surface area (Å²) in [6, 6.07) is 1.95. The number of nitrogens with one attached hydrogen (secondary N) is 1. The predicted molar refractivity (Wildman–Crippen MR) is 86.1 cm³/mol. The largest absolute Gasteiger partial charge is 0.481 e. The molecule has 0 fully saturated rings. The maximum Gasteiger partial charge on any atom is 0.308 e. The van der Waals surface area contributed by atoms with Crippen LogP contribution in [0.3, 0.4) is 0 Å². The van der Waals surface area contributed by atoms with Gasteiger partial charge in [0.25, 0.3) is 5.91 Å². The van der Waals surface area contributed by atoms with E-state index in [0.29, 0.717) is 11.3 Å². The maximum atomic E-state index is 12.2. The Labute approximate surface area is 130 Å². The summed E-state index contributed by atoms with van der Waals surface area (Å²) < 4.78 is 0. The molecule has 1 amide bonds. The van der Waals surface area contributed by atoms with E-state index in [4.69, 9.17) is 5.11 Å². The van der Waals surface area contributed by atoms with Crippen molar-refractivity contribution in [1.82, 2.24) is 5.32 Å². The topological polar surface area (TPSA) is 66.4 Å². The first-order valence-corrected chi connectivity index (χ1v) is 8.47. The standard InChI is InChI=1S/C16H25NO3S/c1-4-7-12(16(19)20)10-17-15(18)14-9-11(6-3)13(21-14)8-5-2/h9,12H,4-8,10H2,1-3H3,(H,17,18)(H,19,20). The second-order valence-corrected chi connectivity index (χ2v) is 6.33. The summed E-state index contributed by atoms with van der Waals surface area (Å²) in [7, 11) is 0. The van der Waals surface area contributed by atoms with Crippen molar-refractivity contribution in [1.29, 1.82) is 0 Å². The lowest BCUT2D eigenvalue weighted by Crippen LogP contribution is -2.32. The van der Waals surface area contributed by atoms with E-state index in [0.717, 1.165) is 25.7 Å². The van der Waals surface area contributed by atoms with Gasteiger partial charge < -0.3 is 10.4 Å². The quantitative estimate of drug-likeness (QED) is 0.733. The van der Waals surface area contributed by atoms with Gasteiger partial charge in [-0.05, 0) is 30.9 Å². The number of thiophene rings is 1. The molecule has 1 atom stereocenters. The first kappa shape index (κ1) is 17.7. The molecular weight excluding hydrogens is 286 g/mol. The SMILES string of the molecule is CCCc1sc(C(=O)NCC(CCC)C(=O)O)cc1CC. The highest BCUT2D eigenvalue weighted by molar-refractivity contribution is 7.14. The summed E-state index contributed by atoms with van der Waals surface area (Å²) in [5.41, 5.74) is 1.23. The van der Waals surface area contributed by atoms with Crippen molar-refractivity contribution in [3.63, 3.8) is 0 Å². The zero-order valence-corrected chi connectivity index (χ0v) is 13.9. The average Bonchev–Trinajstić information content (AvgIpc) is 2.86. The van der Waals surface area contributed by atoms with Gasteiger partial charge in [-0.25, -0.2) is 0 Å². The number of carbonyl (C=O) groups is 2. The monoisotopic (exact) mass is 311 g/mol. The Morgan fingerprint density at radius 2 is 2.00 bits per heavy atom. The van der Waals surface area contributed by atoms with Crippen LogP contribution < -0.4 is 5.32 Å². The van der Waals surface area contributed by atoms with Crippen LogP contribution in [-0.4, -0.2) is 23.5 Å². The first-order valence-electron chi connectivity index (χ1n) is 7.65. The molecule has 0 aliphatic carbocycles. The van der Waals surface area contributed by atoms with Gasteiger partial charge in [0.1, 0.15) is 0 Å². The smallest absolute Gasteiger partial charge is 0.308 e. The Balaban J connectivity index is 2.68. The molecule has 21 heavy (non-hydrogen) atoms. The van der Waals surface area contributed by atoms with Crippen LogP contribution in [0, 0.1) is 5.92 Å². The van der Waals surface area contributed by atoms with Gasteiger partial charge in [0.05, 0.1) is 10.8 Å². The maximum absolute atomic E-state index is 12.2. The van der Waals surface area contributed by atoms with Gasteiger partial charge in [-0.15, -0.1) is 11.3 Å². The summed E-state index contributed by atoms with van der Waals surface area (Å²) in [6.07, 6.45) is 4.36. The molecule has 0 aromatic carbocycles. The van der Waals surface area contributed by atoms with Gasteiger partial charge in [-0.3, -0.25) is 9.59 Å². The molecule has 0 saturated heterocycles. The normalized spacial score (nSPS) is 12.1. The third-order valence-corrected chi connectivity index (χ3v) is 4.71. The summed E-state index contributed by atoms with van der Waals surface area (Å²) in [5.74, 6) is -1.50. The van der Waals surface area contributed by atoms with Crippen molar-refractivity contribution in [2.45, 2.75) is 52.9 Å². The average molecular weight is 311 g/mol. The van der Waals surface area contributed by atoms with Crippen LogP contribution in [0.15, 0.2) is 6.07 Å². The molecule has 1 rings (SSSR count). The van der Waals surface area contributed by atoms with Crippen LogP contribution in [-0.2, 0) is 17.6 Å². The first-order chi connectivity index (χ1) is 10.0. The van der Waals surface area contributed by atoms with E-state index < -0.39 is 11.9 Å². The zero-order valence-electron chi connectivity index (χ0n) is 13.1. The highest BCUT2D eigenvalue weighted by Crippen LogP contribution is 2.24. The molecule has 1 heterocycles. The van der Waals surface area contributed by atoms with E-state index in [-0.39, 0.29) is 12.5 Å². The number of rotatable bonds is 9. The van der Waals surface area contributed by atoms with Crippen molar-refractivity contribution in [2.75, 3.05) is 6.54 Å². The second-order valence-electron chi connectivity index (χ2n) is 5.20. The van der Waals surface area contributed by atoms with Crippen LogP contribution >= 0.6 is 11.3 Å². The number of carbonyl (C=O) groups excluding carboxylic acids is 1. The Morgan fingerprint density at radius 3 is 2.52 bits per heavy atom. The fraction of sp³-hybridized carbons (Fsp3) is 0.625. The molecule has 0 spiro atoms. The number of carboxylic acid groups (broad SMARTS) is 1. The van der Waals surface area contributed by atoms with E-state index >= 15 is 0 Å². The summed E-state index contributed by atoms with van der Waals surface area (Å²) in [6.45, 7) is 6.36. The lowest BCUT2D eigenvalue weighted by molar-refractivity contribution is -0.141. The molecule has 0 bridgehead atoms. The van der Waals surface area contributed by atoms with Crippen molar-refractivity contribution in [3.05, 3.63) is 21.4 Å². The van der Waals surface area contributed by atoms with Gasteiger partial charge in [-0.1, -0.05) is 33.6 Å². The predicted octanol–water partition coefficient (Wildman–Crippen LogP) is 3.49. The van der Waals surface area contributed by atoms with Crippen LogP contribution in [0.1, 0.15) is 60.1 Å². The summed E-state index contributed by atoms with van der Waals surface area (Å²) in [5, 5.41) is 11.9. The molecule has 1 aromatic heterocycles. The molecule has 1 unspecified atom stereocenters. The van der Waals surface area contributed by atoms with E-state index in [9.17, 15) is 9.59 Å². The minimum absolute atomic E-state index is 0.153. The third-order valence-electron chi connectivity index (χ3n) is 3.47. The van der Waals surface area contributed by atoms with Crippen LogP contribution in [0.2, 0.25) is 0 Å². The van der Waals surface area contributed by atoms with E-state index in [1.54, 1.807) is 0 Å². The molecule has 0 aliphatic heterocycles. The van der Waals surface area contributed by atoms with Gasteiger partial charge in [0.15, 0.2) is 0 Å². The van der Waals surface area contributed by atoms with E-state index in [1.165, 1.54) is 21.8 Å². The molecule has 4 nitrogen and oxygen atoms in total. The Bertz CT molecular complexity index is 482. The Morgan fingerprint density at radius 1 is 1.29 bits per heavy atom. The summed E-state index contributed by atoms with van der Waals surface area (Å²) in [4.78, 5) is 25.2. The molecule has 0 radical (unpaired) electrons. The van der Waals surface area contributed by atoms with E-state index in [2.05, 4.69) is 19.2 Å². The molecule has 0 saturated carbocycles. The van der Waals surface area contributed by atoms with E-state index in [1.807, 2.05) is 13.0 Å². The number of aliphatic carboxylic acids is 1. The minimum Gasteiger partial charge on any atom is -0.481 e. The minimum atomic E-state index is -0.843. The lowest BCUT2D eigenvalue weighted by Gasteiger charge is -2.11. The van der Waals surface area contributed by atoms with Gasteiger partial charge in [0, 0.05) is 11.4 Å². The van der Waals surface area contributed by atoms with Crippen LogP contribution in [0.25, 0.3) is 0 Å². The second kappa shape index (κ2) is 8.82. The number of aryl methyl sites for hydroxylation is 2. The van der Waals surface area contributed by atoms with Gasteiger partial charge in [0.2, 0.25) is 0 Å². The summed E-state index contributed by atoms with van der Waals surface area (Å²) >= 11 is 1.53. The highest BCUT2D eigenvalue weighted by atomic mass is 32.1. The molecule has 5 heteroatoms. The lowest BCUT2D eigenvalue weighted by atomic mass is 10.0. The zero-order chi connectivity index (χ0) is 15.8. The number of amides is 1. The van der Waals surface area contributed by atoms with Gasteiger partial charge in [-0.2, -0.15) is 0 Å². The fourth-order valence-corrected chi connectivity index (χ4v) is 3.55. The molecule has 118 valence electrons. The Kier molecular flexibility index (Phi) is 7.43. The van der Waals surface area contributed by atoms with Crippen LogP contribution in [0.5, 0.6) is 0 Å². The molecule has 2 N–H and O–H groups in total. The van der Waals surface area contributed by atoms with Crippen molar-refractivity contribution in [3.8, 4) is 0 Å². The number of carboxylic acids is 1. The molecular formula is C16H25NO3S. The molecule has 1 aromatic rings. The van der Waals surface area contributed by atoms with Crippen molar-refractivity contribution >= 4 is 23.2 Å². The third kappa shape index (κ3) is 5.16. The van der Waals surface area contributed by atoms with Crippen molar-refractivity contribution < 1.29 is 14.7 Å². The van der Waals surface area contributed by atoms with Gasteiger partial charge >= 0.3 is 5.97 Å².